The number of nitrogens with zero attached hydrogens (tertiary/aromatic N) is 3. The van der Waals surface area contributed by atoms with E-state index < -0.39 is 0 Å². The van der Waals surface area contributed by atoms with Gasteiger partial charge < -0.3 is 9.84 Å². The summed E-state index contributed by atoms with van der Waals surface area (Å²) in [4.78, 5) is 11.5. The molecule has 2 N–H and O–H groups in total. The lowest BCUT2D eigenvalue weighted by molar-refractivity contribution is 0.0946. The molecule has 0 unspecified atom stereocenters. The van der Waals surface area contributed by atoms with Crippen molar-refractivity contribution in [1.82, 2.24) is 25.9 Å². The van der Waals surface area contributed by atoms with Gasteiger partial charge in [-0.05, 0) is 13.8 Å². The van der Waals surface area contributed by atoms with Gasteiger partial charge in [-0.3, -0.25) is 4.79 Å². The molecule has 0 saturated heterocycles. The van der Waals surface area contributed by atoms with Crippen molar-refractivity contribution in [1.29, 1.82) is 0 Å². The van der Waals surface area contributed by atoms with E-state index in [0.717, 1.165) is 11.3 Å². The maximum Gasteiger partial charge on any atom is 0.273 e. The van der Waals surface area contributed by atoms with E-state index in [-0.39, 0.29) is 11.6 Å². The highest BCUT2D eigenvalue weighted by molar-refractivity contribution is 5.91. The van der Waals surface area contributed by atoms with E-state index in [2.05, 4.69) is 25.9 Å². The molecule has 0 atom stereocenters. The molecule has 0 saturated carbocycles. The van der Waals surface area contributed by atoms with Crippen molar-refractivity contribution in [3.63, 3.8) is 0 Å². The third-order valence-electron chi connectivity index (χ3n) is 2.25. The highest BCUT2D eigenvalue weighted by Crippen LogP contribution is 2.11. The van der Waals surface area contributed by atoms with E-state index in [1.54, 1.807) is 6.92 Å². The Kier molecular flexibility index (Phi) is 2.67. The molecule has 0 aliphatic carbocycles. The van der Waals surface area contributed by atoms with E-state index in [9.17, 15) is 4.79 Å². The molecule has 2 aromatic rings. The molecule has 0 aromatic carbocycles. The molecule has 1 amide bonds. The van der Waals surface area contributed by atoms with Crippen LogP contribution >= 0.6 is 0 Å². The van der Waals surface area contributed by atoms with E-state index in [4.69, 9.17) is 4.52 Å². The first-order valence-electron chi connectivity index (χ1n) is 4.74. The summed E-state index contributed by atoms with van der Waals surface area (Å²) in [6, 6.07) is 0. The van der Waals surface area contributed by atoms with Gasteiger partial charge in [0.2, 0.25) is 0 Å². The summed E-state index contributed by atoms with van der Waals surface area (Å²) < 4.78 is 4.98. The van der Waals surface area contributed by atoms with Crippen LogP contribution in [0.15, 0.2) is 10.7 Å². The number of rotatable bonds is 3. The molecule has 0 fully saturated rings. The van der Waals surface area contributed by atoms with Crippen LogP contribution in [0.5, 0.6) is 0 Å². The van der Waals surface area contributed by atoms with Gasteiger partial charge in [0.15, 0.2) is 5.69 Å². The molecule has 0 aliphatic heterocycles. The first kappa shape index (κ1) is 10.3. The first-order chi connectivity index (χ1) is 7.68. The molecular formula is C9H11N5O2. The number of H-pyrrole nitrogens is 1. The highest BCUT2D eigenvalue weighted by atomic mass is 16.5. The highest BCUT2D eigenvalue weighted by Gasteiger charge is 2.12. The van der Waals surface area contributed by atoms with Crippen molar-refractivity contribution in [2.45, 2.75) is 20.4 Å². The number of hydrogen-bond acceptors (Lipinski definition) is 5. The second kappa shape index (κ2) is 4.13. The van der Waals surface area contributed by atoms with Crippen LogP contribution in [0.4, 0.5) is 0 Å². The zero-order valence-electron chi connectivity index (χ0n) is 8.94. The summed E-state index contributed by atoms with van der Waals surface area (Å²) in [5.74, 6) is 0.423. The maximum atomic E-state index is 11.5. The molecular weight excluding hydrogens is 210 g/mol. The summed E-state index contributed by atoms with van der Waals surface area (Å²) >= 11 is 0. The Morgan fingerprint density at radius 1 is 1.56 bits per heavy atom. The van der Waals surface area contributed by atoms with Crippen LogP contribution in [-0.2, 0) is 6.54 Å². The minimum Gasteiger partial charge on any atom is -0.361 e. The zero-order chi connectivity index (χ0) is 11.5. The summed E-state index contributed by atoms with van der Waals surface area (Å²) in [5, 5.41) is 16.1. The topological polar surface area (TPSA) is 96.7 Å². The van der Waals surface area contributed by atoms with Crippen LogP contribution < -0.4 is 5.32 Å². The Morgan fingerprint density at radius 3 is 2.94 bits per heavy atom. The van der Waals surface area contributed by atoms with Crippen molar-refractivity contribution < 1.29 is 9.32 Å². The lowest BCUT2D eigenvalue weighted by atomic mass is 10.2. The van der Waals surface area contributed by atoms with Crippen molar-refractivity contribution in [2.24, 2.45) is 0 Å². The Morgan fingerprint density at radius 2 is 2.38 bits per heavy atom. The van der Waals surface area contributed by atoms with Crippen molar-refractivity contribution in [2.75, 3.05) is 0 Å². The molecule has 2 aromatic heterocycles. The Hall–Kier alpha value is -2.18. The fourth-order valence-electron chi connectivity index (χ4n) is 1.32. The van der Waals surface area contributed by atoms with Gasteiger partial charge in [-0.15, -0.1) is 0 Å². The number of amides is 1. The zero-order valence-corrected chi connectivity index (χ0v) is 8.94. The SMILES string of the molecule is Cc1noc(C)c1CNC(=O)c1cn[nH]n1. The monoisotopic (exact) mass is 221 g/mol. The van der Waals surface area contributed by atoms with Crippen molar-refractivity contribution >= 4 is 5.91 Å². The molecule has 0 spiro atoms. The van der Waals surface area contributed by atoms with E-state index in [1.807, 2.05) is 6.92 Å². The van der Waals surface area contributed by atoms with Gasteiger partial charge in [0, 0.05) is 12.1 Å². The fraction of sp³-hybridized carbons (Fsp3) is 0.333. The number of carbonyl (C=O) groups excluding carboxylic acids is 1. The lowest BCUT2D eigenvalue weighted by Gasteiger charge is -2.01. The largest absolute Gasteiger partial charge is 0.361 e. The normalized spacial score (nSPS) is 10.4. The molecule has 0 radical (unpaired) electrons. The van der Waals surface area contributed by atoms with Gasteiger partial charge in [0.1, 0.15) is 5.76 Å². The van der Waals surface area contributed by atoms with E-state index in [1.165, 1.54) is 6.20 Å². The predicted octanol–water partition coefficient (Wildman–Crippen LogP) is 0.340. The summed E-state index contributed by atoms with van der Waals surface area (Å²) in [6.45, 7) is 4.00. The van der Waals surface area contributed by atoms with Gasteiger partial charge in [0.05, 0.1) is 11.9 Å². The van der Waals surface area contributed by atoms with Crippen LogP contribution in [0.25, 0.3) is 0 Å². The number of carbonyl (C=O) groups is 1. The number of aryl methyl sites for hydroxylation is 2. The molecule has 0 aliphatic rings. The summed E-state index contributed by atoms with van der Waals surface area (Å²) in [5.41, 5.74) is 1.92. The van der Waals surface area contributed by atoms with Gasteiger partial charge in [-0.1, -0.05) is 5.16 Å². The van der Waals surface area contributed by atoms with Crippen molar-refractivity contribution in [3.05, 3.63) is 28.9 Å². The van der Waals surface area contributed by atoms with Crippen LogP contribution in [0.2, 0.25) is 0 Å². The Bertz CT molecular complexity index is 468. The Labute approximate surface area is 91.2 Å². The lowest BCUT2D eigenvalue weighted by Crippen LogP contribution is -2.23. The average molecular weight is 221 g/mol. The summed E-state index contributed by atoms with van der Waals surface area (Å²) in [6.07, 6.45) is 1.36. The molecule has 0 bridgehead atoms. The first-order valence-corrected chi connectivity index (χ1v) is 4.74. The van der Waals surface area contributed by atoms with Gasteiger partial charge in [-0.25, -0.2) is 0 Å². The molecule has 2 heterocycles. The Balaban J connectivity index is 2.01. The minimum absolute atomic E-state index is 0.256. The molecule has 2 rings (SSSR count). The van der Waals surface area contributed by atoms with Crippen LogP contribution in [0.1, 0.15) is 27.5 Å². The van der Waals surface area contributed by atoms with E-state index >= 15 is 0 Å². The van der Waals surface area contributed by atoms with Gasteiger partial charge >= 0.3 is 0 Å². The molecule has 16 heavy (non-hydrogen) atoms. The minimum atomic E-state index is -0.284. The second-order valence-corrected chi connectivity index (χ2v) is 3.34. The average Bonchev–Trinajstić information content (AvgIpc) is 2.87. The number of nitrogens with one attached hydrogen (secondary N) is 2. The third-order valence-corrected chi connectivity index (χ3v) is 2.25. The summed E-state index contributed by atoms with van der Waals surface area (Å²) in [7, 11) is 0. The second-order valence-electron chi connectivity index (χ2n) is 3.34. The predicted molar refractivity (Wildman–Crippen MR) is 53.5 cm³/mol. The molecule has 7 heteroatoms. The van der Waals surface area contributed by atoms with Crippen LogP contribution in [0, 0.1) is 13.8 Å². The third kappa shape index (κ3) is 1.92. The quantitative estimate of drug-likeness (QED) is 0.778. The van der Waals surface area contributed by atoms with Crippen LogP contribution in [-0.4, -0.2) is 26.5 Å². The number of aromatic amines is 1. The maximum absolute atomic E-state index is 11.5. The molecule has 84 valence electrons. The van der Waals surface area contributed by atoms with Crippen LogP contribution in [0.3, 0.4) is 0 Å². The number of hydrogen-bond donors (Lipinski definition) is 2. The van der Waals surface area contributed by atoms with Crippen molar-refractivity contribution in [3.8, 4) is 0 Å². The number of aromatic nitrogens is 4. The standard InChI is InChI=1S/C9H11N5O2/c1-5-7(6(2)16-13-5)3-10-9(15)8-4-11-14-12-8/h4H,3H2,1-2H3,(H,10,15)(H,11,12,14). The van der Waals surface area contributed by atoms with Gasteiger partial charge in [0.25, 0.3) is 5.91 Å². The molecule has 7 nitrogen and oxygen atoms in total. The smallest absolute Gasteiger partial charge is 0.273 e. The van der Waals surface area contributed by atoms with E-state index in [0.29, 0.717) is 12.3 Å². The van der Waals surface area contributed by atoms with Gasteiger partial charge in [-0.2, -0.15) is 15.4 Å². The fourth-order valence-corrected chi connectivity index (χ4v) is 1.32.